The highest BCUT2D eigenvalue weighted by molar-refractivity contribution is 6.30. The minimum atomic E-state index is -0.512. The quantitative estimate of drug-likeness (QED) is 0.779. The molecular weight excluding hydrogens is 312 g/mol. The number of piperazine rings is 1. The van der Waals surface area contributed by atoms with Gasteiger partial charge in [0.1, 0.15) is 5.38 Å². The zero-order chi connectivity index (χ0) is 17.2. The lowest BCUT2D eigenvalue weighted by Gasteiger charge is -2.35. The van der Waals surface area contributed by atoms with Crippen LogP contribution in [0.5, 0.6) is 0 Å². The molecule has 1 aliphatic heterocycles. The van der Waals surface area contributed by atoms with Gasteiger partial charge in [-0.15, -0.1) is 11.6 Å². The summed E-state index contributed by atoms with van der Waals surface area (Å²) >= 11 is 5.84. The number of nitrogens with zero attached hydrogens (tertiary/aromatic N) is 2. The van der Waals surface area contributed by atoms with Crippen molar-refractivity contribution in [1.82, 2.24) is 9.80 Å². The first-order valence-corrected chi connectivity index (χ1v) is 8.46. The Kier molecular flexibility index (Phi) is 5.35. The van der Waals surface area contributed by atoms with Crippen LogP contribution in [0.1, 0.15) is 43.6 Å². The Hall–Kier alpha value is -1.55. The monoisotopic (exact) mass is 336 g/mol. The molecule has 5 heteroatoms. The number of carbonyl (C=O) groups is 2. The van der Waals surface area contributed by atoms with Gasteiger partial charge >= 0.3 is 0 Å². The summed E-state index contributed by atoms with van der Waals surface area (Å²) < 4.78 is 0. The van der Waals surface area contributed by atoms with Crippen molar-refractivity contribution in [3.05, 3.63) is 35.4 Å². The smallest absolute Gasteiger partial charge is 0.253 e. The molecule has 1 aromatic rings. The molecule has 126 valence electrons. The van der Waals surface area contributed by atoms with Crippen LogP contribution in [0.25, 0.3) is 0 Å². The van der Waals surface area contributed by atoms with Crippen molar-refractivity contribution in [1.29, 1.82) is 0 Å². The van der Waals surface area contributed by atoms with E-state index in [0.717, 1.165) is 0 Å². The summed E-state index contributed by atoms with van der Waals surface area (Å²) in [5.41, 5.74) is 1.98. The lowest BCUT2D eigenvalue weighted by atomic mass is 9.86. The Morgan fingerprint density at radius 1 is 1.00 bits per heavy atom. The lowest BCUT2D eigenvalue weighted by Crippen LogP contribution is -2.52. The van der Waals surface area contributed by atoms with E-state index in [0.29, 0.717) is 31.7 Å². The van der Waals surface area contributed by atoms with Gasteiger partial charge in [0.05, 0.1) is 0 Å². The molecule has 1 unspecified atom stereocenters. The molecule has 1 fully saturated rings. The molecule has 1 aromatic carbocycles. The zero-order valence-corrected chi connectivity index (χ0v) is 15.1. The SMILES string of the molecule is CC(Cl)C(=O)N1CCN(C(=O)c2ccc(C(C)(C)C)cc2)CC1. The van der Waals surface area contributed by atoms with Gasteiger partial charge in [0, 0.05) is 31.7 Å². The largest absolute Gasteiger partial charge is 0.338 e. The Morgan fingerprint density at radius 2 is 1.48 bits per heavy atom. The fourth-order valence-electron chi connectivity index (χ4n) is 2.68. The van der Waals surface area contributed by atoms with Crippen LogP contribution in [-0.2, 0) is 10.2 Å². The molecule has 1 atom stereocenters. The van der Waals surface area contributed by atoms with E-state index in [1.54, 1.807) is 16.7 Å². The highest BCUT2D eigenvalue weighted by Gasteiger charge is 2.26. The van der Waals surface area contributed by atoms with Crippen molar-refractivity contribution in [2.45, 2.75) is 38.5 Å². The second kappa shape index (κ2) is 6.91. The molecule has 1 saturated heterocycles. The molecule has 0 aliphatic carbocycles. The first-order valence-electron chi connectivity index (χ1n) is 8.03. The summed E-state index contributed by atoms with van der Waals surface area (Å²) in [7, 11) is 0. The minimum Gasteiger partial charge on any atom is -0.338 e. The van der Waals surface area contributed by atoms with Gasteiger partial charge in [-0.1, -0.05) is 32.9 Å². The van der Waals surface area contributed by atoms with E-state index in [1.807, 2.05) is 24.3 Å². The lowest BCUT2D eigenvalue weighted by molar-refractivity contribution is -0.131. The number of carbonyl (C=O) groups excluding carboxylic acids is 2. The number of hydrogen-bond donors (Lipinski definition) is 0. The number of hydrogen-bond acceptors (Lipinski definition) is 2. The third-order valence-corrected chi connectivity index (χ3v) is 4.40. The second-order valence-corrected chi connectivity index (χ2v) is 7.72. The van der Waals surface area contributed by atoms with Gasteiger partial charge < -0.3 is 9.80 Å². The maximum atomic E-state index is 12.6. The summed E-state index contributed by atoms with van der Waals surface area (Å²) in [5.74, 6) is -0.0372. The molecule has 1 heterocycles. The molecule has 0 spiro atoms. The molecule has 0 bridgehead atoms. The Morgan fingerprint density at radius 3 is 1.91 bits per heavy atom. The molecule has 1 aliphatic rings. The number of halogens is 1. The molecule has 2 amide bonds. The maximum Gasteiger partial charge on any atom is 0.253 e. The van der Waals surface area contributed by atoms with Crippen molar-refractivity contribution in [2.24, 2.45) is 0 Å². The maximum absolute atomic E-state index is 12.6. The highest BCUT2D eigenvalue weighted by Crippen LogP contribution is 2.22. The number of rotatable bonds is 2. The minimum absolute atomic E-state index is 0.0245. The molecule has 0 radical (unpaired) electrons. The van der Waals surface area contributed by atoms with Gasteiger partial charge in [-0.05, 0) is 30.0 Å². The third-order valence-electron chi connectivity index (χ3n) is 4.22. The van der Waals surface area contributed by atoms with E-state index in [9.17, 15) is 9.59 Å². The molecule has 0 saturated carbocycles. The summed E-state index contributed by atoms with van der Waals surface area (Å²) in [6.07, 6.45) is 0. The molecule has 23 heavy (non-hydrogen) atoms. The fraction of sp³-hybridized carbons (Fsp3) is 0.556. The standard InChI is InChI=1S/C18H25ClN2O2/c1-13(19)16(22)20-9-11-21(12-10-20)17(23)14-5-7-15(8-6-14)18(2,3)4/h5-8,13H,9-12H2,1-4H3. The van der Waals surface area contributed by atoms with E-state index in [-0.39, 0.29) is 17.2 Å². The van der Waals surface area contributed by atoms with Crippen molar-refractivity contribution in [2.75, 3.05) is 26.2 Å². The van der Waals surface area contributed by atoms with E-state index in [1.165, 1.54) is 5.56 Å². The molecule has 0 N–H and O–H groups in total. The van der Waals surface area contributed by atoms with Crippen molar-refractivity contribution in [3.8, 4) is 0 Å². The predicted molar refractivity (Wildman–Crippen MR) is 92.9 cm³/mol. The van der Waals surface area contributed by atoms with Crippen LogP contribution >= 0.6 is 11.6 Å². The zero-order valence-electron chi connectivity index (χ0n) is 14.3. The number of amides is 2. The van der Waals surface area contributed by atoms with Crippen LogP contribution in [0.15, 0.2) is 24.3 Å². The third kappa shape index (κ3) is 4.25. The van der Waals surface area contributed by atoms with E-state index < -0.39 is 5.38 Å². The van der Waals surface area contributed by atoms with Crippen LogP contribution in [0.3, 0.4) is 0 Å². The van der Waals surface area contributed by atoms with E-state index in [2.05, 4.69) is 20.8 Å². The van der Waals surface area contributed by atoms with Crippen LogP contribution in [0.4, 0.5) is 0 Å². The topological polar surface area (TPSA) is 40.6 Å². The average molecular weight is 337 g/mol. The van der Waals surface area contributed by atoms with Gasteiger partial charge in [0.15, 0.2) is 0 Å². The van der Waals surface area contributed by atoms with Crippen LogP contribution in [-0.4, -0.2) is 53.2 Å². The second-order valence-electron chi connectivity index (χ2n) is 7.06. The van der Waals surface area contributed by atoms with E-state index in [4.69, 9.17) is 11.6 Å². The Bertz CT molecular complexity index is 568. The first-order chi connectivity index (χ1) is 10.7. The summed E-state index contributed by atoms with van der Waals surface area (Å²) in [6.45, 7) is 10.3. The van der Waals surface area contributed by atoms with Crippen molar-refractivity contribution >= 4 is 23.4 Å². The van der Waals surface area contributed by atoms with Gasteiger partial charge in [-0.3, -0.25) is 9.59 Å². The molecule has 2 rings (SSSR count). The number of benzene rings is 1. The van der Waals surface area contributed by atoms with E-state index >= 15 is 0 Å². The Balaban J connectivity index is 1.99. The summed E-state index contributed by atoms with van der Waals surface area (Å²) in [6, 6.07) is 7.81. The van der Waals surface area contributed by atoms with Gasteiger partial charge in [-0.25, -0.2) is 0 Å². The summed E-state index contributed by atoms with van der Waals surface area (Å²) in [5, 5.41) is -0.512. The van der Waals surface area contributed by atoms with Crippen LogP contribution < -0.4 is 0 Å². The van der Waals surface area contributed by atoms with Crippen LogP contribution in [0.2, 0.25) is 0 Å². The van der Waals surface area contributed by atoms with Crippen molar-refractivity contribution in [3.63, 3.8) is 0 Å². The van der Waals surface area contributed by atoms with Gasteiger partial charge in [0.2, 0.25) is 5.91 Å². The van der Waals surface area contributed by atoms with Gasteiger partial charge in [0.25, 0.3) is 5.91 Å². The molecule has 0 aromatic heterocycles. The fourth-order valence-corrected chi connectivity index (χ4v) is 2.81. The van der Waals surface area contributed by atoms with Gasteiger partial charge in [-0.2, -0.15) is 0 Å². The number of alkyl halides is 1. The molecular formula is C18H25ClN2O2. The summed E-state index contributed by atoms with van der Waals surface area (Å²) in [4.78, 5) is 28.0. The average Bonchev–Trinajstić information content (AvgIpc) is 2.53. The predicted octanol–water partition coefficient (Wildman–Crippen LogP) is 2.90. The highest BCUT2D eigenvalue weighted by atomic mass is 35.5. The van der Waals surface area contributed by atoms with Crippen molar-refractivity contribution < 1.29 is 9.59 Å². The first kappa shape index (κ1) is 17.8. The Labute approximate surface area is 143 Å². The normalized spacial score (nSPS) is 17.1. The molecule has 4 nitrogen and oxygen atoms in total. The van der Waals surface area contributed by atoms with Crippen LogP contribution in [0, 0.1) is 0 Å².